The molecule has 106 valence electrons. The monoisotopic (exact) mass is 296 g/mol. The third-order valence-electron chi connectivity index (χ3n) is 2.79. The second kappa shape index (κ2) is 5.96. The molecule has 6 heteroatoms. The fourth-order valence-electron chi connectivity index (χ4n) is 1.88. The first-order chi connectivity index (χ1) is 9.62. The first-order valence-electron chi connectivity index (χ1n) is 5.99. The molecule has 2 aromatic rings. The van der Waals surface area contributed by atoms with Crippen LogP contribution in [0.4, 0.5) is 0 Å². The van der Waals surface area contributed by atoms with Crippen molar-refractivity contribution in [1.82, 2.24) is 0 Å². The number of methoxy groups -OCH3 is 1. The number of halogens is 1. The fourth-order valence-corrected chi connectivity index (χ4v) is 2.13. The molecular formula is C14H13ClO5. The van der Waals surface area contributed by atoms with Gasteiger partial charge in [0.15, 0.2) is 5.43 Å². The second-order valence-electron chi connectivity index (χ2n) is 3.95. The zero-order valence-corrected chi connectivity index (χ0v) is 11.8. The third-order valence-corrected chi connectivity index (χ3v) is 3.05. The van der Waals surface area contributed by atoms with Crippen LogP contribution in [0.2, 0.25) is 0 Å². The number of alkyl halides is 1. The Morgan fingerprint density at radius 1 is 1.40 bits per heavy atom. The Kier molecular flexibility index (Phi) is 4.29. The number of hydrogen-bond acceptors (Lipinski definition) is 5. The number of ether oxygens (including phenoxy) is 2. The van der Waals surface area contributed by atoms with Gasteiger partial charge in [0.25, 0.3) is 0 Å². The largest absolute Gasteiger partial charge is 0.496 e. The van der Waals surface area contributed by atoms with Crippen molar-refractivity contribution in [2.45, 2.75) is 12.8 Å². The molecule has 0 saturated carbocycles. The highest BCUT2D eigenvalue weighted by molar-refractivity contribution is 6.18. The van der Waals surface area contributed by atoms with Gasteiger partial charge in [-0.15, -0.1) is 11.6 Å². The molecular weight excluding hydrogens is 284 g/mol. The minimum Gasteiger partial charge on any atom is -0.496 e. The quantitative estimate of drug-likeness (QED) is 0.641. The normalized spacial score (nSPS) is 10.6. The van der Waals surface area contributed by atoms with Gasteiger partial charge in [0.05, 0.1) is 30.5 Å². The van der Waals surface area contributed by atoms with E-state index in [1.807, 2.05) is 0 Å². The molecule has 0 bridgehead atoms. The van der Waals surface area contributed by atoms with E-state index in [-0.39, 0.29) is 29.3 Å². The van der Waals surface area contributed by atoms with Crippen LogP contribution in [-0.4, -0.2) is 19.7 Å². The van der Waals surface area contributed by atoms with Crippen LogP contribution in [0.25, 0.3) is 11.0 Å². The molecule has 0 amide bonds. The molecule has 1 heterocycles. The summed E-state index contributed by atoms with van der Waals surface area (Å²) in [7, 11) is 1.49. The SMILES string of the molecule is CCOC(=O)c1cc(=O)c2ccc(OC)c(CCl)c2o1. The van der Waals surface area contributed by atoms with E-state index >= 15 is 0 Å². The van der Waals surface area contributed by atoms with Crippen molar-refractivity contribution in [2.75, 3.05) is 13.7 Å². The molecule has 5 nitrogen and oxygen atoms in total. The van der Waals surface area contributed by atoms with E-state index < -0.39 is 5.97 Å². The molecule has 0 aliphatic rings. The van der Waals surface area contributed by atoms with E-state index in [0.29, 0.717) is 16.7 Å². The highest BCUT2D eigenvalue weighted by atomic mass is 35.5. The second-order valence-corrected chi connectivity index (χ2v) is 4.22. The topological polar surface area (TPSA) is 65.7 Å². The number of esters is 1. The third kappa shape index (κ3) is 2.49. The molecule has 2 rings (SSSR count). The van der Waals surface area contributed by atoms with Crippen molar-refractivity contribution in [3.05, 3.63) is 39.7 Å². The number of fused-ring (bicyclic) bond motifs is 1. The summed E-state index contributed by atoms with van der Waals surface area (Å²) in [4.78, 5) is 23.7. The van der Waals surface area contributed by atoms with Crippen LogP contribution in [0.5, 0.6) is 5.75 Å². The van der Waals surface area contributed by atoms with Crippen molar-refractivity contribution in [2.24, 2.45) is 0 Å². The predicted octanol–water partition coefficient (Wildman–Crippen LogP) is 2.72. The smallest absolute Gasteiger partial charge is 0.374 e. The Morgan fingerprint density at radius 3 is 2.75 bits per heavy atom. The van der Waals surface area contributed by atoms with E-state index in [1.54, 1.807) is 19.1 Å². The van der Waals surface area contributed by atoms with Gasteiger partial charge < -0.3 is 13.9 Å². The van der Waals surface area contributed by atoms with E-state index in [1.165, 1.54) is 7.11 Å². The first-order valence-corrected chi connectivity index (χ1v) is 6.52. The minimum atomic E-state index is -0.685. The standard InChI is InChI=1S/C14H13ClO5/c1-3-19-14(17)12-6-10(16)8-4-5-11(18-2)9(7-15)13(8)20-12/h4-6H,3,7H2,1-2H3. The van der Waals surface area contributed by atoms with Crippen molar-refractivity contribution < 1.29 is 18.7 Å². The van der Waals surface area contributed by atoms with Gasteiger partial charge in [0, 0.05) is 6.07 Å². The minimum absolute atomic E-state index is 0.0930. The fraction of sp³-hybridized carbons (Fsp3) is 0.286. The lowest BCUT2D eigenvalue weighted by molar-refractivity contribution is 0.0490. The molecule has 0 spiro atoms. The van der Waals surface area contributed by atoms with Crippen molar-refractivity contribution in [3.63, 3.8) is 0 Å². The van der Waals surface area contributed by atoms with Crippen LogP contribution in [0.15, 0.2) is 27.4 Å². The number of hydrogen-bond donors (Lipinski definition) is 0. The van der Waals surface area contributed by atoms with Gasteiger partial charge in [-0.2, -0.15) is 0 Å². The highest BCUT2D eigenvalue weighted by Gasteiger charge is 2.17. The zero-order chi connectivity index (χ0) is 14.7. The molecule has 0 fully saturated rings. The lowest BCUT2D eigenvalue weighted by atomic mass is 10.1. The Balaban J connectivity index is 2.73. The molecule has 0 aliphatic heterocycles. The maximum absolute atomic E-state index is 12.0. The summed E-state index contributed by atoms with van der Waals surface area (Å²) in [6.07, 6.45) is 0. The number of rotatable bonds is 4. The summed E-state index contributed by atoms with van der Waals surface area (Å²) in [5.41, 5.74) is 0.438. The van der Waals surface area contributed by atoms with Gasteiger partial charge in [-0.25, -0.2) is 4.79 Å². The van der Waals surface area contributed by atoms with Crippen LogP contribution < -0.4 is 10.2 Å². The average molecular weight is 297 g/mol. The Labute approximate surface area is 120 Å². The molecule has 20 heavy (non-hydrogen) atoms. The molecule has 0 saturated heterocycles. The van der Waals surface area contributed by atoms with Crippen LogP contribution in [0, 0.1) is 0 Å². The van der Waals surface area contributed by atoms with Gasteiger partial charge in [-0.1, -0.05) is 0 Å². The maximum Gasteiger partial charge on any atom is 0.374 e. The van der Waals surface area contributed by atoms with Gasteiger partial charge in [0.1, 0.15) is 11.3 Å². The van der Waals surface area contributed by atoms with Crippen LogP contribution in [0.1, 0.15) is 23.0 Å². The van der Waals surface area contributed by atoms with Crippen molar-refractivity contribution in [3.8, 4) is 5.75 Å². The van der Waals surface area contributed by atoms with Gasteiger partial charge >= 0.3 is 5.97 Å². The summed E-state index contributed by atoms with van der Waals surface area (Å²) in [5, 5.41) is 0.342. The molecule has 0 atom stereocenters. The van der Waals surface area contributed by atoms with Crippen LogP contribution >= 0.6 is 11.6 Å². The van der Waals surface area contributed by atoms with E-state index in [9.17, 15) is 9.59 Å². The van der Waals surface area contributed by atoms with E-state index in [4.69, 9.17) is 25.5 Å². The molecule has 0 aliphatic carbocycles. The number of carbonyl (C=O) groups is 1. The van der Waals surface area contributed by atoms with Crippen molar-refractivity contribution >= 4 is 28.5 Å². The maximum atomic E-state index is 12.0. The summed E-state index contributed by atoms with van der Waals surface area (Å²) in [6.45, 7) is 1.87. The van der Waals surface area contributed by atoms with Crippen LogP contribution in [0.3, 0.4) is 0 Å². The van der Waals surface area contributed by atoms with Gasteiger partial charge in [0.2, 0.25) is 5.76 Å². The van der Waals surface area contributed by atoms with Crippen molar-refractivity contribution in [1.29, 1.82) is 0 Å². The average Bonchev–Trinajstić information content (AvgIpc) is 2.46. The molecule has 0 unspecified atom stereocenters. The lowest BCUT2D eigenvalue weighted by Gasteiger charge is -2.09. The Morgan fingerprint density at radius 2 is 2.15 bits per heavy atom. The first kappa shape index (κ1) is 14.4. The Hall–Kier alpha value is -2.01. The molecule has 1 aromatic carbocycles. The Bertz CT molecular complexity index is 705. The summed E-state index contributed by atoms with van der Waals surface area (Å²) >= 11 is 5.88. The summed E-state index contributed by atoms with van der Waals surface area (Å²) in [5.74, 6) is -0.245. The van der Waals surface area contributed by atoms with E-state index in [0.717, 1.165) is 6.07 Å². The molecule has 1 aromatic heterocycles. The van der Waals surface area contributed by atoms with Crippen LogP contribution in [-0.2, 0) is 10.6 Å². The highest BCUT2D eigenvalue weighted by Crippen LogP contribution is 2.28. The zero-order valence-electron chi connectivity index (χ0n) is 11.1. The van der Waals surface area contributed by atoms with E-state index in [2.05, 4.69) is 0 Å². The predicted molar refractivity (Wildman–Crippen MR) is 74.5 cm³/mol. The number of benzene rings is 1. The summed E-state index contributed by atoms with van der Waals surface area (Å²) < 4.78 is 15.5. The molecule has 0 radical (unpaired) electrons. The number of carbonyl (C=O) groups excluding carboxylic acids is 1. The van der Waals surface area contributed by atoms with Gasteiger partial charge in [-0.3, -0.25) is 4.79 Å². The van der Waals surface area contributed by atoms with Gasteiger partial charge in [-0.05, 0) is 19.1 Å². The summed E-state index contributed by atoms with van der Waals surface area (Å²) in [6, 6.07) is 4.33. The lowest BCUT2D eigenvalue weighted by Crippen LogP contribution is -2.10. The molecule has 0 N–H and O–H groups in total.